The van der Waals surface area contributed by atoms with Crippen LogP contribution < -0.4 is 0 Å². The van der Waals surface area contributed by atoms with Crippen LogP contribution in [0.4, 0.5) is 0 Å². The lowest BCUT2D eigenvalue weighted by atomic mass is 9.92. The summed E-state index contributed by atoms with van der Waals surface area (Å²) in [4.78, 5) is 11.2. The van der Waals surface area contributed by atoms with E-state index in [9.17, 15) is 25.2 Å². The van der Waals surface area contributed by atoms with Crippen LogP contribution in [-0.4, -0.2) is 26.2 Å². The van der Waals surface area contributed by atoms with Crippen molar-refractivity contribution in [2.45, 2.75) is 26.9 Å². The molecule has 0 aliphatic heterocycles. The number of aliphatic hydroxyl groups excluding tert-OH is 1. The molecule has 1 rings (SSSR count). The molecule has 0 saturated carbocycles. The highest BCUT2D eigenvalue weighted by Crippen LogP contribution is 2.43. The molecule has 0 heterocycles. The normalized spacial score (nSPS) is 14.4. The van der Waals surface area contributed by atoms with Gasteiger partial charge in [-0.1, -0.05) is 6.92 Å². The Bertz CT molecular complexity index is 453. The summed E-state index contributed by atoms with van der Waals surface area (Å²) in [6.07, 6.45) is -1.22. The zero-order valence-electron chi connectivity index (χ0n) is 9.93. The molecular formula is C12H16O5. The van der Waals surface area contributed by atoms with E-state index < -0.39 is 29.3 Å². The first-order valence-corrected chi connectivity index (χ1v) is 5.20. The van der Waals surface area contributed by atoms with Gasteiger partial charge in [0.25, 0.3) is 0 Å². The first-order chi connectivity index (χ1) is 7.77. The van der Waals surface area contributed by atoms with Crippen molar-refractivity contribution < 1.29 is 25.2 Å². The summed E-state index contributed by atoms with van der Waals surface area (Å²) in [6.45, 7) is 4.37. The Morgan fingerprint density at radius 3 is 2.18 bits per heavy atom. The molecule has 5 nitrogen and oxygen atoms in total. The number of rotatable bonds is 3. The van der Waals surface area contributed by atoms with Gasteiger partial charge in [0.15, 0.2) is 11.5 Å². The third-order valence-electron chi connectivity index (χ3n) is 2.90. The Kier molecular flexibility index (Phi) is 3.63. The van der Waals surface area contributed by atoms with Crippen molar-refractivity contribution in [1.29, 1.82) is 0 Å². The number of aromatic hydroxyl groups is 3. The zero-order chi connectivity index (χ0) is 13.3. The van der Waals surface area contributed by atoms with E-state index in [0.717, 1.165) is 0 Å². The summed E-state index contributed by atoms with van der Waals surface area (Å²) in [7, 11) is 0. The predicted molar refractivity (Wildman–Crippen MR) is 61.0 cm³/mol. The molecule has 1 aromatic rings. The molecule has 0 bridgehead atoms. The number of carbonyl (C=O) groups excluding carboxylic acids is 1. The third-order valence-corrected chi connectivity index (χ3v) is 2.90. The van der Waals surface area contributed by atoms with Gasteiger partial charge in [0.05, 0.1) is 6.10 Å². The van der Waals surface area contributed by atoms with Crippen LogP contribution in [0.1, 0.15) is 31.1 Å². The van der Waals surface area contributed by atoms with Crippen LogP contribution in [0.3, 0.4) is 0 Å². The Labute approximate surface area is 99.0 Å². The molecule has 0 amide bonds. The fourth-order valence-corrected chi connectivity index (χ4v) is 1.52. The number of phenolic OH excluding ortho intramolecular Hbond substituents is 3. The van der Waals surface area contributed by atoms with E-state index in [-0.39, 0.29) is 11.3 Å². The van der Waals surface area contributed by atoms with Gasteiger partial charge >= 0.3 is 0 Å². The molecular weight excluding hydrogens is 224 g/mol. The van der Waals surface area contributed by atoms with Crippen LogP contribution >= 0.6 is 0 Å². The number of hydrogen-bond acceptors (Lipinski definition) is 5. The monoisotopic (exact) mass is 240 g/mol. The lowest BCUT2D eigenvalue weighted by Crippen LogP contribution is -2.16. The summed E-state index contributed by atoms with van der Waals surface area (Å²) >= 11 is 0. The van der Waals surface area contributed by atoms with Crippen molar-refractivity contribution in [2.24, 2.45) is 5.92 Å². The number of aryl methyl sites for hydroxylation is 1. The van der Waals surface area contributed by atoms with Crippen LogP contribution in [0.2, 0.25) is 0 Å². The molecule has 0 aromatic heterocycles. The van der Waals surface area contributed by atoms with Crippen LogP contribution in [0.25, 0.3) is 0 Å². The minimum atomic E-state index is -1.22. The van der Waals surface area contributed by atoms with Crippen LogP contribution in [0, 0.1) is 12.8 Å². The topological polar surface area (TPSA) is 98.0 Å². The summed E-state index contributed by atoms with van der Waals surface area (Å²) in [5, 5.41) is 38.4. The predicted octanol–water partition coefficient (Wildman–Crippen LogP) is 1.37. The van der Waals surface area contributed by atoms with Crippen molar-refractivity contribution in [3.63, 3.8) is 0 Å². The number of aliphatic hydroxyl groups is 1. The van der Waals surface area contributed by atoms with Crippen molar-refractivity contribution in [2.75, 3.05) is 0 Å². The largest absolute Gasteiger partial charge is 0.504 e. The highest BCUT2D eigenvalue weighted by molar-refractivity contribution is 5.79. The summed E-state index contributed by atoms with van der Waals surface area (Å²) in [5.74, 6) is -2.66. The highest BCUT2D eigenvalue weighted by Gasteiger charge is 2.26. The van der Waals surface area contributed by atoms with E-state index in [2.05, 4.69) is 0 Å². The SMILES string of the molecule is CC(=O)C(C)C(O)c1cc(C)c(O)c(O)c1O. The van der Waals surface area contributed by atoms with Crippen molar-refractivity contribution in [3.05, 3.63) is 17.2 Å². The van der Waals surface area contributed by atoms with E-state index in [1.54, 1.807) is 0 Å². The van der Waals surface area contributed by atoms with E-state index in [1.807, 2.05) is 0 Å². The fraction of sp³-hybridized carbons (Fsp3) is 0.417. The van der Waals surface area contributed by atoms with E-state index >= 15 is 0 Å². The maximum Gasteiger partial charge on any atom is 0.200 e. The lowest BCUT2D eigenvalue weighted by Gasteiger charge is -2.19. The Morgan fingerprint density at radius 1 is 1.18 bits per heavy atom. The van der Waals surface area contributed by atoms with Crippen molar-refractivity contribution in [3.8, 4) is 17.2 Å². The van der Waals surface area contributed by atoms with E-state index in [1.165, 1.54) is 26.8 Å². The smallest absolute Gasteiger partial charge is 0.200 e. The van der Waals surface area contributed by atoms with Crippen LogP contribution in [0.15, 0.2) is 6.07 Å². The van der Waals surface area contributed by atoms with Gasteiger partial charge in [0.1, 0.15) is 5.78 Å². The van der Waals surface area contributed by atoms with Gasteiger partial charge in [-0.3, -0.25) is 4.79 Å². The van der Waals surface area contributed by atoms with Gasteiger partial charge in [-0.15, -0.1) is 0 Å². The molecule has 0 fully saturated rings. The maximum absolute atomic E-state index is 11.2. The van der Waals surface area contributed by atoms with E-state index in [0.29, 0.717) is 5.56 Å². The van der Waals surface area contributed by atoms with Gasteiger partial charge < -0.3 is 20.4 Å². The highest BCUT2D eigenvalue weighted by atomic mass is 16.3. The molecule has 0 saturated heterocycles. The Hall–Kier alpha value is -1.75. The summed E-state index contributed by atoms with van der Waals surface area (Å²) in [6, 6.07) is 1.34. The van der Waals surface area contributed by atoms with Crippen LogP contribution in [0.5, 0.6) is 17.2 Å². The Morgan fingerprint density at radius 2 is 1.71 bits per heavy atom. The van der Waals surface area contributed by atoms with Gasteiger partial charge in [-0.05, 0) is 25.5 Å². The summed E-state index contributed by atoms with van der Waals surface area (Å²) < 4.78 is 0. The zero-order valence-corrected chi connectivity index (χ0v) is 9.93. The minimum absolute atomic E-state index is 0.0282. The fourth-order valence-electron chi connectivity index (χ4n) is 1.52. The second-order valence-corrected chi connectivity index (χ2v) is 4.17. The molecule has 4 N–H and O–H groups in total. The van der Waals surface area contributed by atoms with Gasteiger partial charge in [0, 0.05) is 11.5 Å². The van der Waals surface area contributed by atoms with Gasteiger partial charge in [-0.25, -0.2) is 0 Å². The number of hydrogen-bond donors (Lipinski definition) is 4. The molecule has 2 atom stereocenters. The van der Waals surface area contributed by atoms with Crippen molar-refractivity contribution in [1.82, 2.24) is 0 Å². The average Bonchev–Trinajstić information content (AvgIpc) is 2.29. The number of Topliss-reactive ketones (excluding diaryl/α,β-unsaturated/α-hetero) is 1. The lowest BCUT2D eigenvalue weighted by molar-refractivity contribution is -0.123. The molecule has 17 heavy (non-hydrogen) atoms. The van der Waals surface area contributed by atoms with Crippen molar-refractivity contribution >= 4 is 5.78 Å². The average molecular weight is 240 g/mol. The molecule has 0 aliphatic carbocycles. The number of benzene rings is 1. The standard InChI is InChI=1S/C12H16O5/c1-5-4-8(10(15)6(2)7(3)13)11(16)12(17)9(5)14/h4,6,10,14-17H,1-3H3. The first kappa shape index (κ1) is 13.3. The molecule has 0 radical (unpaired) electrons. The maximum atomic E-state index is 11.2. The van der Waals surface area contributed by atoms with Gasteiger partial charge in [0.2, 0.25) is 5.75 Å². The molecule has 1 aromatic carbocycles. The van der Waals surface area contributed by atoms with E-state index in [4.69, 9.17) is 0 Å². The number of ketones is 1. The molecule has 0 spiro atoms. The molecule has 0 aliphatic rings. The second kappa shape index (κ2) is 4.63. The molecule has 94 valence electrons. The third kappa shape index (κ3) is 2.34. The van der Waals surface area contributed by atoms with Gasteiger partial charge in [-0.2, -0.15) is 0 Å². The molecule has 5 heteroatoms. The first-order valence-electron chi connectivity index (χ1n) is 5.20. The molecule has 2 unspecified atom stereocenters. The Balaban J connectivity index is 3.28. The minimum Gasteiger partial charge on any atom is -0.504 e. The second-order valence-electron chi connectivity index (χ2n) is 4.17. The number of carbonyl (C=O) groups is 1. The number of phenols is 3. The summed E-state index contributed by atoms with van der Waals surface area (Å²) in [5.41, 5.74) is 0.339. The quantitative estimate of drug-likeness (QED) is 0.598. The van der Waals surface area contributed by atoms with Crippen LogP contribution in [-0.2, 0) is 4.79 Å².